The van der Waals surface area contributed by atoms with Crippen LogP contribution in [0.4, 0.5) is 0 Å². The summed E-state index contributed by atoms with van der Waals surface area (Å²) < 4.78 is 7.65. The van der Waals surface area contributed by atoms with Crippen molar-refractivity contribution in [3.05, 3.63) is 30.0 Å². The van der Waals surface area contributed by atoms with Gasteiger partial charge in [-0.1, -0.05) is 6.07 Å². The quantitative estimate of drug-likeness (QED) is 0.751. The molecule has 3 rings (SSSR count). The SMILES string of the molecule is CC1=NCC(c2ccc3c(cnn3C)c2)OC1. The van der Waals surface area contributed by atoms with E-state index >= 15 is 0 Å². The maximum Gasteiger partial charge on any atom is 0.102 e. The van der Waals surface area contributed by atoms with Gasteiger partial charge in [-0.15, -0.1) is 0 Å². The predicted molar refractivity (Wildman–Crippen MR) is 67.4 cm³/mol. The third-order valence-electron chi connectivity index (χ3n) is 3.16. The smallest absolute Gasteiger partial charge is 0.102 e. The van der Waals surface area contributed by atoms with Crippen LogP contribution in [0.15, 0.2) is 29.4 Å². The van der Waals surface area contributed by atoms with Crippen LogP contribution in [-0.2, 0) is 11.8 Å². The lowest BCUT2D eigenvalue weighted by molar-refractivity contribution is 0.0795. The Morgan fingerprint density at radius 1 is 1.41 bits per heavy atom. The van der Waals surface area contributed by atoms with Crippen LogP contribution in [0.3, 0.4) is 0 Å². The van der Waals surface area contributed by atoms with Gasteiger partial charge in [0.05, 0.1) is 24.9 Å². The molecule has 1 aromatic heterocycles. The lowest BCUT2D eigenvalue weighted by Gasteiger charge is -2.21. The van der Waals surface area contributed by atoms with Crippen LogP contribution in [-0.4, -0.2) is 28.6 Å². The first-order valence-corrected chi connectivity index (χ1v) is 5.77. The van der Waals surface area contributed by atoms with E-state index in [0.717, 1.165) is 23.2 Å². The van der Waals surface area contributed by atoms with Crippen LogP contribution in [0.1, 0.15) is 18.6 Å². The Bertz CT molecular complexity index is 585. The van der Waals surface area contributed by atoms with Gasteiger partial charge in [-0.2, -0.15) is 5.10 Å². The van der Waals surface area contributed by atoms with Gasteiger partial charge in [0.25, 0.3) is 0 Å². The molecule has 1 unspecified atom stereocenters. The zero-order chi connectivity index (χ0) is 11.8. The van der Waals surface area contributed by atoms with Gasteiger partial charge in [0.15, 0.2) is 0 Å². The Kier molecular flexibility index (Phi) is 2.44. The zero-order valence-corrected chi connectivity index (χ0v) is 10.1. The van der Waals surface area contributed by atoms with E-state index in [4.69, 9.17) is 4.74 Å². The Balaban J connectivity index is 1.96. The molecule has 0 amide bonds. The van der Waals surface area contributed by atoms with Crippen molar-refractivity contribution >= 4 is 16.6 Å². The summed E-state index contributed by atoms with van der Waals surface area (Å²) >= 11 is 0. The molecule has 17 heavy (non-hydrogen) atoms. The molecule has 1 aromatic carbocycles. The molecule has 1 aliphatic heterocycles. The minimum absolute atomic E-state index is 0.0864. The number of nitrogens with zero attached hydrogens (tertiary/aromatic N) is 3. The highest BCUT2D eigenvalue weighted by molar-refractivity contribution is 5.83. The van der Waals surface area contributed by atoms with Gasteiger partial charge < -0.3 is 4.74 Å². The fourth-order valence-corrected chi connectivity index (χ4v) is 2.14. The Labute approximate surface area is 99.9 Å². The summed E-state index contributed by atoms with van der Waals surface area (Å²) in [5.41, 5.74) is 3.40. The molecule has 1 aliphatic rings. The number of ether oxygens (including phenoxy) is 1. The summed E-state index contributed by atoms with van der Waals surface area (Å²) in [4.78, 5) is 4.44. The summed E-state index contributed by atoms with van der Waals surface area (Å²) in [5.74, 6) is 0. The van der Waals surface area contributed by atoms with Crippen molar-refractivity contribution in [3.63, 3.8) is 0 Å². The number of hydrogen-bond acceptors (Lipinski definition) is 3. The van der Waals surface area contributed by atoms with E-state index in [-0.39, 0.29) is 6.10 Å². The number of aryl methyl sites for hydroxylation is 1. The third-order valence-corrected chi connectivity index (χ3v) is 3.16. The standard InChI is InChI=1S/C13H15N3O/c1-9-8-17-13(7-14-9)10-3-4-12-11(5-10)6-15-16(12)2/h3-6,13H,7-8H2,1-2H3. The molecule has 0 saturated carbocycles. The van der Waals surface area contributed by atoms with Crippen molar-refractivity contribution in [3.8, 4) is 0 Å². The average molecular weight is 229 g/mol. The molecule has 4 heteroatoms. The van der Waals surface area contributed by atoms with Crippen molar-refractivity contribution in [2.24, 2.45) is 12.0 Å². The average Bonchev–Trinajstić information content (AvgIpc) is 2.72. The van der Waals surface area contributed by atoms with Crippen LogP contribution < -0.4 is 0 Å². The summed E-state index contributed by atoms with van der Waals surface area (Å²) in [6.07, 6.45) is 1.97. The summed E-state index contributed by atoms with van der Waals surface area (Å²) in [6, 6.07) is 6.33. The minimum atomic E-state index is 0.0864. The number of rotatable bonds is 1. The lowest BCUT2D eigenvalue weighted by atomic mass is 10.1. The molecule has 2 aromatic rings. The van der Waals surface area contributed by atoms with Gasteiger partial charge in [0.1, 0.15) is 6.10 Å². The van der Waals surface area contributed by atoms with E-state index in [1.54, 1.807) is 0 Å². The van der Waals surface area contributed by atoms with Crippen molar-refractivity contribution in [2.45, 2.75) is 13.0 Å². The van der Waals surface area contributed by atoms with Crippen molar-refractivity contribution in [1.82, 2.24) is 9.78 Å². The topological polar surface area (TPSA) is 39.4 Å². The van der Waals surface area contributed by atoms with Gasteiger partial charge in [-0.05, 0) is 24.6 Å². The van der Waals surface area contributed by atoms with Crippen molar-refractivity contribution < 1.29 is 4.74 Å². The molecule has 0 spiro atoms. The van der Waals surface area contributed by atoms with E-state index in [1.165, 1.54) is 5.56 Å². The van der Waals surface area contributed by atoms with Crippen LogP contribution in [0.25, 0.3) is 10.9 Å². The normalized spacial score (nSPS) is 20.6. The third kappa shape index (κ3) is 1.85. The van der Waals surface area contributed by atoms with Gasteiger partial charge in [-0.3, -0.25) is 9.67 Å². The molecule has 0 aliphatic carbocycles. The number of hydrogen-bond donors (Lipinski definition) is 0. The first kappa shape index (κ1) is 10.5. The molecule has 0 bridgehead atoms. The zero-order valence-electron chi connectivity index (χ0n) is 10.1. The van der Waals surface area contributed by atoms with Crippen molar-refractivity contribution in [2.75, 3.05) is 13.2 Å². The summed E-state index contributed by atoms with van der Waals surface area (Å²) in [7, 11) is 1.95. The van der Waals surface area contributed by atoms with E-state index in [9.17, 15) is 0 Å². The Hall–Kier alpha value is -1.68. The molecule has 0 saturated heterocycles. The van der Waals surface area contributed by atoms with E-state index in [0.29, 0.717) is 6.61 Å². The lowest BCUT2D eigenvalue weighted by Crippen LogP contribution is -2.19. The number of benzene rings is 1. The van der Waals surface area contributed by atoms with Crippen molar-refractivity contribution in [1.29, 1.82) is 0 Å². The second kappa shape index (κ2) is 3.96. The molecule has 88 valence electrons. The van der Waals surface area contributed by atoms with Gasteiger partial charge in [0.2, 0.25) is 0 Å². The molecule has 1 atom stereocenters. The monoisotopic (exact) mass is 229 g/mol. The van der Waals surface area contributed by atoms with Gasteiger partial charge in [0, 0.05) is 18.1 Å². The fourth-order valence-electron chi connectivity index (χ4n) is 2.14. The molecule has 2 heterocycles. The molecule has 0 radical (unpaired) electrons. The van der Waals surface area contributed by atoms with Crippen LogP contribution in [0.2, 0.25) is 0 Å². The highest BCUT2D eigenvalue weighted by Crippen LogP contribution is 2.24. The second-order valence-corrected chi connectivity index (χ2v) is 4.46. The molecule has 4 nitrogen and oxygen atoms in total. The summed E-state index contributed by atoms with van der Waals surface area (Å²) in [6.45, 7) is 3.36. The fraction of sp³-hybridized carbons (Fsp3) is 0.385. The highest BCUT2D eigenvalue weighted by Gasteiger charge is 2.16. The Morgan fingerprint density at radius 2 is 2.29 bits per heavy atom. The van der Waals surface area contributed by atoms with Crippen LogP contribution in [0, 0.1) is 0 Å². The van der Waals surface area contributed by atoms with Crippen LogP contribution in [0.5, 0.6) is 0 Å². The molecular formula is C13H15N3O. The largest absolute Gasteiger partial charge is 0.366 e. The van der Waals surface area contributed by atoms with E-state index in [1.807, 2.05) is 24.9 Å². The van der Waals surface area contributed by atoms with Gasteiger partial charge in [-0.25, -0.2) is 0 Å². The predicted octanol–water partition coefficient (Wildman–Crippen LogP) is 2.11. The molecule has 0 fully saturated rings. The van der Waals surface area contributed by atoms with Gasteiger partial charge >= 0.3 is 0 Å². The number of aliphatic imine (C=N–C) groups is 1. The first-order valence-electron chi connectivity index (χ1n) is 5.77. The maximum atomic E-state index is 5.77. The minimum Gasteiger partial charge on any atom is -0.366 e. The van der Waals surface area contributed by atoms with E-state index in [2.05, 4.69) is 28.3 Å². The van der Waals surface area contributed by atoms with E-state index < -0.39 is 0 Å². The molecule has 0 N–H and O–H groups in total. The maximum absolute atomic E-state index is 5.77. The first-order chi connectivity index (χ1) is 8.24. The Morgan fingerprint density at radius 3 is 3.06 bits per heavy atom. The van der Waals surface area contributed by atoms with Crippen LogP contribution >= 0.6 is 0 Å². The highest BCUT2D eigenvalue weighted by atomic mass is 16.5. The second-order valence-electron chi connectivity index (χ2n) is 4.46. The molecular weight excluding hydrogens is 214 g/mol. The summed E-state index contributed by atoms with van der Waals surface area (Å²) in [5, 5.41) is 5.40. The number of aromatic nitrogens is 2. The number of fused-ring (bicyclic) bond motifs is 1.